The minimum Gasteiger partial charge on any atom is -0.483 e. The number of carbonyl (C=O) groups excluding carboxylic acids is 3. The van der Waals surface area contributed by atoms with E-state index in [0.29, 0.717) is 5.02 Å². The monoisotopic (exact) mass is 400 g/mol. The summed E-state index contributed by atoms with van der Waals surface area (Å²) < 4.78 is 15.2. The van der Waals surface area contributed by atoms with E-state index in [1.54, 1.807) is 27.8 Å². The van der Waals surface area contributed by atoms with Gasteiger partial charge < -0.3 is 24.4 Å². The molecular weight excluding hydrogens is 376 g/mol. The molecule has 2 amide bonds. The van der Waals surface area contributed by atoms with Crippen LogP contribution in [-0.2, 0) is 14.3 Å². The van der Waals surface area contributed by atoms with Gasteiger partial charge in [0.1, 0.15) is 16.9 Å². The van der Waals surface area contributed by atoms with E-state index in [2.05, 4.69) is 10.1 Å². The average Bonchev–Trinajstić information content (AvgIpc) is 2.58. The number of esters is 1. The first kappa shape index (κ1) is 22.6. The van der Waals surface area contributed by atoms with E-state index in [0.717, 1.165) is 0 Å². The van der Waals surface area contributed by atoms with Gasteiger partial charge >= 0.3 is 12.1 Å². The second kappa shape index (κ2) is 10.0. The maximum Gasteiger partial charge on any atom is 0.410 e. The topological polar surface area (TPSA) is 94.2 Å². The molecule has 27 heavy (non-hydrogen) atoms. The molecule has 0 atom stereocenters. The van der Waals surface area contributed by atoms with Crippen molar-refractivity contribution in [3.8, 4) is 5.75 Å². The summed E-state index contributed by atoms with van der Waals surface area (Å²) in [5.74, 6) is -0.836. The Morgan fingerprint density at radius 2 is 1.89 bits per heavy atom. The quantitative estimate of drug-likeness (QED) is 0.706. The lowest BCUT2D eigenvalue weighted by Gasteiger charge is -2.24. The molecule has 0 unspecified atom stereocenters. The molecule has 1 rings (SSSR count). The van der Waals surface area contributed by atoms with E-state index in [1.807, 2.05) is 0 Å². The maximum atomic E-state index is 11.9. The van der Waals surface area contributed by atoms with Crippen LogP contribution in [0.4, 0.5) is 4.79 Å². The molecule has 1 aromatic rings. The number of hydrogen-bond acceptors (Lipinski definition) is 6. The van der Waals surface area contributed by atoms with Crippen molar-refractivity contribution >= 4 is 29.6 Å². The molecule has 1 N–H and O–H groups in total. The third kappa shape index (κ3) is 8.17. The van der Waals surface area contributed by atoms with Crippen LogP contribution in [0.1, 0.15) is 31.1 Å². The highest BCUT2D eigenvalue weighted by Crippen LogP contribution is 2.23. The fourth-order valence-corrected chi connectivity index (χ4v) is 2.06. The fourth-order valence-electron chi connectivity index (χ4n) is 1.89. The Labute approximate surface area is 163 Å². The van der Waals surface area contributed by atoms with Crippen LogP contribution < -0.4 is 10.1 Å². The molecule has 0 bridgehead atoms. The molecule has 0 aromatic heterocycles. The Kier molecular flexibility index (Phi) is 8.36. The number of hydrogen-bond donors (Lipinski definition) is 1. The third-order valence-corrected chi connectivity index (χ3v) is 3.42. The minimum atomic E-state index is -0.619. The molecular formula is C18H25ClN2O6. The lowest BCUT2D eigenvalue weighted by atomic mass is 10.2. The van der Waals surface area contributed by atoms with E-state index in [-0.39, 0.29) is 31.0 Å². The zero-order valence-electron chi connectivity index (χ0n) is 16.1. The molecule has 0 saturated heterocycles. The maximum absolute atomic E-state index is 11.9. The number of amides is 2. The van der Waals surface area contributed by atoms with Crippen molar-refractivity contribution in [1.29, 1.82) is 0 Å². The molecule has 0 heterocycles. The van der Waals surface area contributed by atoms with Crippen molar-refractivity contribution in [3.63, 3.8) is 0 Å². The van der Waals surface area contributed by atoms with Crippen molar-refractivity contribution in [2.45, 2.75) is 26.4 Å². The summed E-state index contributed by atoms with van der Waals surface area (Å²) in [6, 6.07) is 4.42. The highest BCUT2D eigenvalue weighted by molar-refractivity contribution is 6.31. The molecule has 0 aliphatic carbocycles. The van der Waals surface area contributed by atoms with Gasteiger partial charge in [0.05, 0.1) is 7.11 Å². The second-order valence-corrected chi connectivity index (χ2v) is 7.11. The molecule has 1 aromatic carbocycles. The smallest absolute Gasteiger partial charge is 0.410 e. The summed E-state index contributed by atoms with van der Waals surface area (Å²) in [5, 5.41) is 2.96. The van der Waals surface area contributed by atoms with Gasteiger partial charge in [0.2, 0.25) is 0 Å². The molecule has 0 saturated carbocycles. The Bertz CT molecular complexity index is 687. The summed E-state index contributed by atoms with van der Waals surface area (Å²) in [6.45, 7) is 5.52. The highest BCUT2D eigenvalue weighted by Gasteiger charge is 2.19. The number of nitrogens with one attached hydrogen (secondary N) is 1. The van der Waals surface area contributed by atoms with Crippen molar-refractivity contribution in [2.24, 2.45) is 0 Å². The van der Waals surface area contributed by atoms with Gasteiger partial charge in [0.25, 0.3) is 5.91 Å². The molecule has 8 nitrogen and oxygen atoms in total. The zero-order valence-corrected chi connectivity index (χ0v) is 16.9. The first-order chi connectivity index (χ1) is 12.5. The Morgan fingerprint density at radius 1 is 1.22 bits per heavy atom. The van der Waals surface area contributed by atoms with Crippen LogP contribution in [0.5, 0.6) is 5.75 Å². The number of nitrogens with zero attached hydrogens (tertiary/aromatic N) is 1. The van der Waals surface area contributed by atoms with Crippen molar-refractivity contribution in [2.75, 3.05) is 33.9 Å². The van der Waals surface area contributed by atoms with Gasteiger partial charge in [-0.2, -0.15) is 0 Å². The van der Waals surface area contributed by atoms with Gasteiger partial charge in [0.15, 0.2) is 6.61 Å². The van der Waals surface area contributed by atoms with Gasteiger partial charge in [-0.3, -0.25) is 4.79 Å². The standard InChI is InChI=1S/C18H25ClN2O6/c1-18(2,3)27-17(24)21(4)9-8-20-15(22)11-26-14-7-6-12(19)10-13(14)16(23)25-5/h6-7,10H,8-9,11H2,1-5H3,(H,20,22). The van der Waals surface area contributed by atoms with Crippen LogP contribution in [0.2, 0.25) is 5.02 Å². The highest BCUT2D eigenvalue weighted by atomic mass is 35.5. The average molecular weight is 401 g/mol. The first-order valence-electron chi connectivity index (χ1n) is 8.25. The van der Waals surface area contributed by atoms with Crippen LogP contribution in [0.25, 0.3) is 0 Å². The van der Waals surface area contributed by atoms with Crippen molar-refractivity contribution in [1.82, 2.24) is 10.2 Å². The fraction of sp³-hybridized carbons (Fsp3) is 0.500. The van der Waals surface area contributed by atoms with E-state index in [4.69, 9.17) is 21.1 Å². The summed E-state index contributed by atoms with van der Waals surface area (Å²) in [5.41, 5.74) is -0.458. The van der Waals surface area contributed by atoms with Gasteiger partial charge in [0, 0.05) is 25.2 Å². The summed E-state index contributed by atoms with van der Waals surface area (Å²) in [7, 11) is 2.81. The van der Waals surface area contributed by atoms with Crippen LogP contribution in [0.15, 0.2) is 18.2 Å². The largest absolute Gasteiger partial charge is 0.483 e. The molecule has 0 spiro atoms. The summed E-state index contributed by atoms with van der Waals surface area (Å²) in [6.07, 6.45) is -0.475. The SMILES string of the molecule is COC(=O)c1cc(Cl)ccc1OCC(=O)NCCN(C)C(=O)OC(C)(C)C. The Hall–Kier alpha value is -2.48. The van der Waals surface area contributed by atoms with E-state index >= 15 is 0 Å². The summed E-state index contributed by atoms with van der Waals surface area (Å²) in [4.78, 5) is 36.8. The third-order valence-electron chi connectivity index (χ3n) is 3.18. The summed E-state index contributed by atoms with van der Waals surface area (Å²) >= 11 is 5.86. The van der Waals surface area contributed by atoms with Gasteiger partial charge in [-0.15, -0.1) is 0 Å². The number of likely N-dealkylation sites (N-methyl/N-ethyl adjacent to an activating group) is 1. The molecule has 0 radical (unpaired) electrons. The number of ether oxygens (including phenoxy) is 3. The lowest BCUT2D eigenvalue weighted by molar-refractivity contribution is -0.123. The number of benzene rings is 1. The van der Waals surface area contributed by atoms with Crippen molar-refractivity contribution < 1.29 is 28.6 Å². The lowest BCUT2D eigenvalue weighted by Crippen LogP contribution is -2.40. The van der Waals surface area contributed by atoms with Crippen LogP contribution >= 0.6 is 11.6 Å². The Morgan fingerprint density at radius 3 is 2.48 bits per heavy atom. The van der Waals surface area contributed by atoms with E-state index in [1.165, 1.54) is 30.2 Å². The molecule has 9 heteroatoms. The first-order valence-corrected chi connectivity index (χ1v) is 8.62. The Balaban J connectivity index is 2.46. The molecule has 0 fully saturated rings. The number of halogens is 1. The minimum absolute atomic E-state index is 0.127. The second-order valence-electron chi connectivity index (χ2n) is 6.67. The van der Waals surface area contributed by atoms with Gasteiger partial charge in [-0.1, -0.05) is 11.6 Å². The van der Waals surface area contributed by atoms with E-state index < -0.39 is 23.6 Å². The van der Waals surface area contributed by atoms with Gasteiger partial charge in [-0.05, 0) is 39.0 Å². The predicted molar refractivity (Wildman–Crippen MR) is 100 cm³/mol. The van der Waals surface area contributed by atoms with Crippen LogP contribution in [-0.4, -0.2) is 62.3 Å². The van der Waals surface area contributed by atoms with Gasteiger partial charge in [-0.25, -0.2) is 9.59 Å². The number of rotatable bonds is 7. The van der Waals surface area contributed by atoms with Crippen LogP contribution in [0.3, 0.4) is 0 Å². The molecule has 150 valence electrons. The normalized spacial score (nSPS) is 10.7. The van der Waals surface area contributed by atoms with E-state index in [9.17, 15) is 14.4 Å². The van der Waals surface area contributed by atoms with Crippen molar-refractivity contribution in [3.05, 3.63) is 28.8 Å². The molecule has 0 aliphatic rings. The number of methoxy groups -OCH3 is 1. The zero-order chi connectivity index (χ0) is 20.6. The van der Waals surface area contributed by atoms with Crippen LogP contribution in [0, 0.1) is 0 Å². The predicted octanol–water partition coefficient (Wildman–Crippen LogP) is 2.49. The number of carbonyl (C=O) groups is 3. The molecule has 0 aliphatic heterocycles.